The number of nitrogens with one attached hydrogen (secondary N) is 1. The summed E-state index contributed by atoms with van der Waals surface area (Å²) in [7, 11) is -2.95. The van der Waals surface area contributed by atoms with Crippen LogP contribution in [0.1, 0.15) is 80.3 Å². The standard InChI is InChI=1S/C34H43ClN2O5S/c1-21-6-4-8-28(33(39)40)27-12-9-25(27)18-37-19-34(15-5-7-23-16-26(35)11-13-29(23)34)20-42-31-14-10-24(17-30(31)37)32(38)36-43(3,41)22(21)2/h10-11,13-14,16-17,21-22,25,27-28H,3-9,12,15,18-20H2,1-2H3,(H,39,40)(H,36,38,41)/t21-,22+,25-,27+,28+,34-,43?/m0/s1. The number of hydrogen-bond donors (Lipinski definition) is 2. The van der Waals surface area contributed by atoms with Crippen LogP contribution >= 0.6 is 11.6 Å². The number of rotatable bonds is 1. The van der Waals surface area contributed by atoms with E-state index in [1.807, 2.05) is 32.0 Å². The van der Waals surface area contributed by atoms with Gasteiger partial charge in [-0.05, 0) is 117 Å². The van der Waals surface area contributed by atoms with Crippen molar-refractivity contribution in [2.75, 3.05) is 24.6 Å². The molecule has 43 heavy (non-hydrogen) atoms. The van der Waals surface area contributed by atoms with E-state index in [-0.39, 0.29) is 28.4 Å². The second-order valence-corrected chi connectivity index (χ2v) is 16.3. The van der Waals surface area contributed by atoms with Gasteiger partial charge in [0.25, 0.3) is 5.91 Å². The summed E-state index contributed by atoms with van der Waals surface area (Å²) in [6, 6.07) is 11.6. The summed E-state index contributed by atoms with van der Waals surface area (Å²) in [6.45, 7) is 5.77. The predicted octanol–water partition coefficient (Wildman–Crippen LogP) is 6.11. The molecule has 6 rings (SSSR count). The van der Waals surface area contributed by atoms with Crippen molar-refractivity contribution in [3.8, 4) is 5.75 Å². The molecule has 2 aromatic carbocycles. The minimum Gasteiger partial charge on any atom is -0.490 e. The fourth-order valence-electron chi connectivity index (χ4n) is 7.99. The van der Waals surface area contributed by atoms with E-state index in [9.17, 15) is 18.9 Å². The topological polar surface area (TPSA) is 95.9 Å². The molecule has 2 bridgehead atoms. The lowest BCUT2D eigenvalue weighted by Crippen LogP contribution is -2.49. The van der Waals surface area contributed by atoms with Crippen LogP contribution in [0.2, 0.25) is 5.02 Å². The molecule has 1 amide bonds. The molecule has 0 aromatic heterocycles. The van der Waals surface area contributed by atoms with E-state index < -0.39 is 27.5 Å². The maximum atomic E-state index is 13.7. The number of fused-ring (bicyclic) bond motifs is 4. The van der Waals surface area contributed by atoms with E-state index in [2.05, 4.69) is 27.6 Å². The van der Waals surface area contributed by atoms with E-state index in [0.717, 1.165) is 55.7 Å². The maximum Gasteiger partial charge on any atom is 0.306 e. The average Bonchev–Trinajstić information content (AvgIpc) is 3.10. The van der Waals surface area contributed by atoms with Gasteiger partial charge in [-0.25, -0.2) is 4.21 Å². The van der Waals surface area contributed by atoms with Gasteiger partial charge >= 0.3 is 5.97 Å². The molecular weight excluding hydrogens is 584 g/mol. The number of benzene rings is 2. The van der Waals surface area contributed by atoms with Crippen molar-refractivity contribution >= 4 is 44.7 Å². The molecule has 0 saturated heterocycles. The molecule has 1 fully saturated rings. The Hall–Kier alpha value is -2.71. The van der Waals surface area contributed by atoms with E-state index >= 15 is 0 Å². The Labute approximate surface area is 260 Å². The van der Waals surface area contributed by atoms with Gasteiger partial charge < -0.3 is 14.7 Å². The molecule has 1 unspecified atom stereocenters. The number of aliphatic carboxylic acids is 1. The van der Waals surface area contributed by atoms with Crippen LogP contribution in [-0.4, -0.2) is 52.0 Å². The van der Waals surface area contributed by atoms with Gasteiger partial charge in [-0.1, -0.05) is 31.0 Å². The van der Waals surface area contributed by atoms with Crippen molar-refractivity contribution in [2.45, 2.75) is 75.9 Å². The van der Waals surface area contributed by atoms with Crippen molar-refractivity contribution in [3.05, 3.63) is 58.1 Å². The highest BCUT2D eigenvalue weighted by Gasteiger charge is 2.45. The van der Waals surface area contributed by atoms with Crippen LogP contribution in [0.5, 0.6) is 5.75 Å². The van der Waals surface area contributed by atoms with Crippen molar-refractivity contribution in [3.63, 3.8) is 0 Å². The van der Waals surface area contributed by atoms with Gasteiger partial charge in [0.2, 0.25) is 0 Å². The van der Waals surface area contributed by atoms with Crippen molar-refractivity contribution < 1.29 is 23.6 Å². The molecular formula is C34H43ClN2O5S. The van der Waals surface area contributed by atoms with E-state index in [1.54, 1.807) is 6.07 Å². The fraction of sp³-hybridized carbons (Fsp3) is 0.559. The van der Waals surface area contributed by atoms with E-state index in [1.165, 1.54) is 11.1 Å². The Bertz CT molecular complexity index is 1530. The molecule has 2 aliphatic carbocycles. The Morgan fingerprint density at radius 2 is 1.95 bits per heavy atom. The smallest absolute Gasteiger partial charge is 0.306 e. The minimum atomic E-state index is -2.95. The molecule has 1 spiro atoms. The molecule has 0 radical (unpaired) electrons. The molecule has 4 aliphatic rings. The number of carbonyl (C=O) groups excluding carboxylic acids is 1. The summed E-state index contributed by atoms with van der Waals surface area (Å²) in [5, 5.41) is 10.7. The van der Waals surface area contributed by atoms with Crippen LogP contribution in [0.15, 0.2) is 36.4 Å². The normalized spacial score (nSPS) is 34.5. The molecule has 7 nitrogen and oxygen atoms in total. The lowest BCUT2D eigenvalue weighted by atomic mass is 9.65. The quantitative estimate of drug-likeness (QED) is 0.371. The largest absolute Gasteiger partial charge is 0.490 e. The minimum absolute atomic E-state index is 0.0187. The van der Waals surface area contributed by atoms with E-state index in [0.29, 0.717) is 37.4 Å². The van der Waals surface area contributed by atoms with Crippen LogP contribution in [0.3, 0.4) is 0 Å². The first-order chi connectivity index (χ1) is 20.5. The zero-order valence-electron chi connectivity index (χ0n) is 25.1. The van der Waals surface area contributed by atoms with Crippen LogP contribution in [0.25, 0.3) is 0 Å². The van der Waals surface area contributed by atoms with E-state index in [4.69, 9.17) is 16.3 Å². The van der Waals surface area contributed by atoms with Crippen LogP contribution in [0, 0.1) is 23.7 Å². The molecule has 2 heterocycles. The first-order valence-electron chi connectivity index (χ1n) is 15.7. The summed E-state index contributed by atoms with van der Waals surface area (Å²) in [5.74, 6) is 3.48. The highest BCUT2D eigenvalue weighted by atomic mass is 35.5. The SMILES string of the molecule is C=S1(=O)NC(=O)c2ccc3c(c2)N(C[C@@H]2CC[C@H]2[C@H](C(=O)O)CCC[C@H](C)[C@H]1C)C[C@@]1(CCCc2cc(Cl)ccc21)CO3. The lowest BCUT2D eigenvalue weighted by molar-refractivity contribution is -0.146. The number of carboxylic acid groups (broad SMARTS) is 1. The van der Waals surface area contributed by atoms with Gasteiger partial charge in [0.05, 0.1) is 27.9 Å². The third-order valence-electron chi connectivity index (χ3n) is 10.9. The maximum absolute atomic E-state index is 13.7. The highest BCUT2D eigenvalue weighted by molar-refractivity contribution is 7.99. The molecule has 9 heteroatoms. The summed E-state index contributed by atoms with van der Waals surface area (Å²) < 4.78 is 23.0. The summed E-state index contributed by atoms with van der Waals surface area (Å²) in [6.07, 6.45) is 6.92. The number of amides is 1. The average molecular weight is 627 g/mol. The Morgan fingerprint density at radius 1 is 1.14 bits per heavy atom. The van der Waals surface area contributed by atoms with Crippen LogP contribution in [-0.2, 0) is 26.3 Å². The van der Waals surface area contributed by atoms with Crippen molar-refractivity contribution in [1.82, 2.24) is 4.72 Å². The predicted molar refractivity (Wildman–Crippen MR) is 173 cm³/mol. The molecule has 7 atom stereocenters. The number of carbonyl (C=O) groups is 2. The zero-order chi connectivity index (χ0) is 30.5. The molecule has 2 aromatic rings. The molecule has 2 N–H and O–H groups in total. The number of hydrogen-bond acceptors (Lipinski definition) is 5. The molecule has 232 valence electrons. The number of ether oxygens (including phenoxy) is 1. The van der Waals surface area contributed by atoms with Gasteiger partial charge in [0.1, 0.15) is 5.75 Å². The van der Waals surface area contributed by atoms with Gasteiger partial charge in [-0.2, -0.15) is 0 Å². The summed E-state index contributed by atoms with van der Waals surface area (Å²) in [4.78, 5) is 28.4. The number of anilines is 1. The Morgan fingerprint density at radius 3 is 2.70 bits per heavy atom. The summed E-state index contributed by atoms with van der Waals surface area (Å²) in [5.41, 5.74) is 3.49. The monoisotopic (exact) mass is 626 g/mol. The first kappa shape index (κ1) is 30.3. The van der Waals surface area contributed by atoms with Gasteiger partial charge in [-0.3, -0.25) is 14.3 Å². The lowest BCUT2D eigenvalue weighted by Gasteiger charge is -2.46. The van der Waals surface area contributed by atoms with Gasteiger partial charge in [0.15, 0.2) is 0 Å². The third kappa shape index (κ3) is 5.77. The van der Waals surface area contributed by atoms with Crippen molar-refractivity contribution in [1.29, 1.82) is 0 Å². The van der Waals surface area contributed by atoms with Gasteiger partial charge in [0, 0.05) is 34.3 Å². The molecule has 1 saturated carbocycles. The first-order valence-corrected chi connectivity index (χ1v) is 17.9. The second-order valence-electron chi connectivity index (χ2n) is 13.5. The number of carboxylic acids is 1. The number of aryl methyl sites for hydroxylation is 1. The Kier molecular flexibility index (Phi) is 8.22. The van der Waals surface area contributed by atoms with Crippen LogP contribution < -0.4 is 14.4 Å². The number of halogens is 1. The number of nitrogens with zero attached hydrogens (tertiary/aromatic N) is 1. The molecule has 2 aliphatic heterocycles. The summed E-state index contributed by atoms with van der Waals surface area (Å²) >= 11 is 6.40. The van der Waals surface area contributed by atoms with Gasteiger partial charge in [-0.15, -0.1) is 0 Å². The fourth-order valence-corrected chi connectivity index (χ4v) is 9.69. The highest BCUT2D eigenvalue weighted by Crippen LogP contribution is 2.48. The Balaban J connectivity index is 1.43. The van der Waals surface area contributed by atoms with Crippen molar-refractivity contribution in [2.24, 2.45) is 23.7 Å². The zero-order valence-corrected chi connectivity index (χ0v) is 26.7. The second kappa shape index (κ2) is 11.7. The van der Waals surface area contributed by atoms with Crippen LogP contribution in [0.4, 0.5) is 5.69 Å². The third-order valence-corrected chi connectivity index (χ3v) is 13.3.